The van der Waals surface area contributed by atoms with Gasteiger partial charge in [0.2, 0.25) is 0 Å². The maximum atomic E-state index is 14.4. The van der Waals surface area contributed by atoms with E-state index in [-0.39, 0.29) is 51.1 Å². The van der Waals surface area contributed by atoms with Crippen molar-refractivity contribution < 1.29 is 63.7 Å². The van der Waals surface area contributed by atoms with Crippen LogP contribution in [-0.4, -0.2) is 93.3 Å². The van der Waals surface area contributed by atoms with Gasteiger partial charge < -0.3 is 54.6 Å². The third-order valence-corrected chi connectivity index (χ3v) is 12.4. The summed E-state index contributed by atoms with van der Waals surface area (Å²) in [5, 5.41) is 64.5. The van der Waals surface area contributed by atoms with E-state index in [1.165, 1.54) is 78.9 Å². The molecule has 3 aliphatic rings. The normalized spacial score (nSPS) is 28.1. The Hall–Kier alpha value is -5.12. The van der Waals surface area contributed by atoms with Crippen LogP contribution < -0.4 is 10.1 Å². The summed E-state index contributed by atoms with van der Waals surface area (Å²) in [7, 11) is 1.43. The number of ketones is 1. The van der Waals surface area contributed by atoms with Crippen molar-refractivity contribution in [2.24, 2.45) is 28.8 Å². The average molecular weight is 881 g/mol. The first-order valence-corrected chi connectivity index (χ1v) is 22.1. The maximum Gasteiger partial charge on any atom is 0.312 e. The van der Waals surface area contributed by atoms with Crippen molar-refractivity contribution >= 4 is 40.3 Å². The Bertz CT molecular complexity index is 2080. The first-order valence-electron chi connectivity index (χ1n) is 22.1. The number of Topliss-reactive ketones (excluding diaryl/α,β-unsaturated/α-hetero) is 1. The van der Waals surface area contributed by atoms with Gasteiger partial charge in [-0.25, -0.2) is 0 Å². The molecular formula is C48H68N2O13. The summed E-state index contributed by atoms with van der Waals surface area (Å²) < 4.78 is 23.6. The van der Waals surface area contributed by atoms with Gasteiger partial charge in [0.15, 0.2) is 5.75 Å². The molecule has 0 saturated heterocycles. The molecule has 5 rings (SSSR count). The number of hydrogen-bond acceptors (Lipinski definition) is 14. The number of aromatic hydroxyl groups is 3. The minimum absolute atomic E-state index is 0.0432. The number of aliphatic hydroxyl groups is 2. The molecule has 348 valence electrons. The quantitative estimate of drug-likeness (QED) is 0.0279. The first kappa shape index (κ1) is 50.5. The molecule has 2 aromatic rings. The molecule has 2 aromatic carbocycles. The molecule has 15 nitrogen and oxygen atoms in total. The second-order valence-electron chi connectivity index (χ2n) is 17.2. The molecule has 0 aliphatic carbocycles. The van der Waals surface area contributed by atoms with E-state index in [4.69, 9.17) is 23.8 Å². The van der Waals surface area contributed by atoms with E-state index in [9.17, 15) is 39.9 Å². The number of rotatable bonds is 13. The average Bonchev–Trinajstić information content (AvgIpc) is 3.51. The van der Waals surface area contributed by atoms with Gasteiger partial charge in [0.1, 0.15) is 30.0 Å². The van der Waals surface area contributed by atoms with Crippen LogP contribution in [0.25, 0.3) is 10.8 Å². The molecule has 6 N–H and O–H groups in total. The first-order chi connectivity index (χ1) is 29.8. The lowest BCUT2D eigenvalue weighted by Gasteiger charge is -2.38. The fraction of sp³-hybridized carbons (Fsp3) is 0.583. The Kier molecular flexibility index (Phi) is 18.0. The number of amides is 1. The SMILES string of the molecule is CCCCCCCCCCO/N=C/c1c2c(O)c3c(O)c(C)c4c(c3c1O)C(=O)C(C)(O/C=C/C(OC)C(C)C(OC(C)=O)C(C)C(O)C(C)C(O)C(C)/C=C/C=C(C)C(=O)N2)O4. The smallest absolute Gasteiger partial charge is 0.312 e. The molecule has 5 bridgehead atoms. The van der Waals surface area contributed by atoms with Crippen molar-refractivity contribution in [3.63, 3.8) is 0 Å². The summed E-state index contributed by atoms with van der Waals surface area (Å²) in [4.78, 5) is 46.1. The second-order valence-corrected chi connectivity index (χ2v) is 17.2. The number of esters is 1. The minimum Gasteiger partial charge on any atom is -0.507 e. The highest BCUT2D eigenvalue weighted by Gasteiger charge is 2.50. The van der Waals surface area contributed by atoms with Crippen LogP contribution in [0.2, 0.25) is 0 Å². The predicted molar refractivity (Wildman–Crippen MR) is 240 cm³/mol. The zero-order valence-corrected chi connectivity index (χ0v) is 38.4. The van der Waals surface area contributed by atoms with Crippen molar-refractivity contribution in [1.29, 1.82) is 0 Å². The van der Waals surface area contributed by atoms with E-state index < -0.39 is 88.8 Å². The second kappa shape index (κ2) is 22.5. The van der Waals surface area contributed by atoms with E-state index in [0.29, 0.717) is 0 Å². The lowest BCUT2D eigenvalue weighted by Crippen LogP contribution is -2.46. The largest absolute Gasteiger partial charge is 0.507 e. The molecule has 0 radical (unpaired) electrons. The summed E-state index contributed by atoms with van der Waals surface area (Å²) >= 11 is 0. The number of phenols is 3. The molecule has 9 atom stereocenters. The number of benzene rings is 2. The number of aliphatic hydroxyl groups excluding tert-OH is 2. The molecule has 0 aromatic heterocycles. The van der Waals surface area contributed by atoms with Crippen molar-refractivity contribution in [2.45, 2.75) is 144 Å². The summed E-state index contributed by atoms with van der Waals surface area (Å²) in [6.45, 7) is 14.9. The summed E-state index contributed by atoms with van der Waals surface area (Å²) in [6.07, 6.45) is 13.3. The summed E-state index contributed by atoms with van der Waals surface area (Å²) in [6, 6.07) is 0. The van der Waals surface area contributed by atoms with Crippen molar-refractivity contribution in [2.75, 3.05) is 19.0 Å². The molecule has 0 fully saturated rings. The van der Waals surface area contributed by atoms with Gasteiger partial charge in [-0.2, -0.15) is 0 Å². The topological polar surface area (TPSA) is 223 Å². The van der Waals surface area contributed by atoms with Gasteiger partial charge in [0, 0.05) is 61.2 Å². The lowest BCUT2D eigenvalue weighted by molar-refractivity contribution is -0.160. The van der Waals surface area contributed by atoms with Crippen LogP contribution in [0.3, 0.4) is 0 Å². The number of allylic oxidation sites excluding steroid dienone is 2. The van der Waals surface area contributed by atoms with E-state index in [0.717, 1.165) is 31.9 Å². The molecule has 0 saturated carbocycles. The molecule has 0 spiro atoms. The number of phenolic OH excluding ortho intramolecular Hbond substituents is 3. The number of carbonyl (C=O) groups excluding carboxylic acids is 3. The monoisotopic (exact) mass is 880 g/mol. The van der Waals surface area contributed by atoms with Crippen LogP contribution in [-0.2, 0) is 28.6 Å². The molecule has 15 heteroatoms. The highest BCUT2D eigenvalue weighted by molar-refractivity contribution is 6.23. The van der Waals surface area contributed by atoms with Crippen LogP contribution >= 0.6 is 0 Å². The molecule has 3 heterocycles. The number of ether oxygens (including phenoxy) is 4. The molecule has 1 amide bonds. The van der Waals surface area contributed by atoms with Crippen LogP contribution in [0, 0.1) is 30.6 Å². The molecule has 3 aliphatic heterocycles. The number of oxime groups is 1. The maximum absolute atomic E-state index is 14.4. The van der Waals surface area contributed by atoms with Gasteiger partial charge in [0.25, 0.3) is 11.7 Å². The van der Waals surface area contributed by atoms with Crippen molar-refractivity contribution in [1.82, 2.24) is 0 Å². The van der Waals surface area contributed by atoms with Gasteiger partial charge in [-0.1, -0.05) is 96.5 Å². The Balaban J connectivity index is 1.85. The Labute approximate surface area is 370 Å². The number of anilines is 1. The van der Waals surface area contributed by atoms with Crippen LogP contribution in [0.5, 0.6) is 23.0 Å². The fourth-order valence-corrected chi connectivity index (χ4v) is 8.32. The third-order valence-electron chi connectivity index (χ3n) is 12.4. The van der Waals surface area contributed by atoms with Crippen molar-refractivity contribution in [3.8, 4) is 23.0 Å². The number of nitrogens with zero attached hydrogens (tertiary/aromatic N) is 1. The highest BCUT2D eigenvalue weighted by atomic mass is 16.7. The number of unbranched alkanes of at least 4 members (excludes halogenated alkanes) is 7. The van der Waals surface area contributed by atoms with Gasteiger partial charge in [-0.05, 0) is 32.8 Å². The number of carbonyl (C=O) groups is 3. The standard InChI is InChI=1S/C48H68N2O13/c1-11-12-13-14-15-16-17-18-23-61-49-25-33-38-43(56)36-35(42(33)55)37-45(31(7)41(36)54)63-48(9,46(37)57)60-24-22-34(59-10)28(4)44(62-32(8)51)30(6)40(53)29(5)39(52)26(2)20-19-21-27(3)47(58)50-38/h19-22,24-26,28-30,34,39-40,44,52-56H,11-18,23H2,1-10H3,(H,50,58)/b20-19+,24-22+,27-21?,49-25+. The van der Waals surface area contributed by atoms with E-state index in [1.54, 1.807) is 39.8 Å². The summed E-state index contributed by atoms with van der Waals surface area (Å²) in [5.41, 5.74) is -0.533. The molecule has 63 heavy (non-hydrogen) atoms. The number of nitrogens with one attached hydrogen (secondary N) is 1. The van der Waals surface area contributed by atoms with E-state index >= 15 is 0 Å². The number of hydrogen-bond donors (Lipinski definition) is 6. The Morgan fingerprint density at radius 1 is 0.889 bits per heavy atom. The van der Waals surface area contributed by atoms with Crippen LogP contribution in [0.1, 0.15) is 128 Å². The van der Waals surface area contributed by atoms with Crippen LogP contribution in [0.4, 0.5) is 5.69 Å². The highest BCUT2D eigenvalue weighted by Crippen LogP contribution is 2.55. The fourth-order valence-electron chi connectivity index (χ4n) is 8.32. The van der Waals surface area contributed by atoms with Crippen molar-refractivity contribution in [3.05, 3.63) is 52.8 Å². The zero-order chi connectivity index (χ0) is 46.8. The van der Waals surface area contributed by atoms with Gasteiger partial charge in [0.05, 0.1) is 53.0 Å². The molecular weight excluding hydrogens is 813 g/mol. The minimum atomic E-state index is -2.06. The predicted octanol–water partition coefficient (Wildman–Crippen LogP) is 8.25. The van der Waals surface area contributed by atoms with Gasteiger partial charge in [-0.15, -0.1) is 0 Å². The van der Waals surface area contributed by atoms with Crippen LogP contribution in [0.15, 0.2) is 41.3 Å². The zero-order valence-electron chi connectivity index (χ0n) is 38.4. The third kappa shape index (κ3) is 11.5. The lowest BCUT2D eigenvalue weighted by atomic mass is 9.78. The Morgan fingerprint density at radius 3 is 2.17 bits per heavy atom. The summed E-state index contributed by atoms with van der Waals surface area (Å²) in [5.74, 6) is -8.54. The number of fused-ring (bicyclic) bond motifs is 14. The van der Waals surface area contributed by atoms with E-state index in [2.05, 4.69) is 17.4 Å². The Morgan fingerprint density at radius 2 is 1.54 bits per heavy atom. The van der Waals surface area contributed by atoms with E-state index in [1.807, 2.05) is 0 Å². The number of methoxy groups -OCH3 is 1. The van der Waals surface area contributed by atoms with Gasteiger partial charge in [-0.3, -0.25) is 14.4 Å². The molecule has 9 unspecified atom stereocenters. The van der Waals surface area contributed by atoms with Gasteiger partial charge >= 0.3 is 11.8 Å².